The fourth-order valence-electron chi connectivity index (χ4n) is 2.87. The number of hydrogen-bond acceptors (Lipinski definition) is 6. The fourth-order valence-corrected chi connectivity index (χ4v) is 2.87. The van der Waals surface area contributed by atoms with Gasteiger partial charge >= 0.3 is 23.9 Å². The summed E-state index contributed by atoms with van der Waals surface area (Å²) < 4.78 is 10.3. The second-order valence-corrected chi connectivity index (χ2v) is 7.93. The Kier molecular flexibility index (Phi) is 18.9. The highest BCUT2D eigenvalue weighted by Crippen LogP contribution is 2.13. The van der Waals surface area contributed by atoms with Crippen LogP contribution in [0.5, 0.6) is 0 Å². The Hall–Kier alpha value is -2.90. The molecule has 1 rings (SSSR count). The quantitative estimate of drug-likeness (QED) is 0.209. The van der Waals surface area contributed by atoms with Crippen molar-refractivity contribution in [3.05, 3.63) is 35.4 Å². The maximum Gasteiger partial charge on any atom is 0.339 e. The lowest BCUT2D eigenvalue weighted by Gasteiger charge is -2.09. The van der Waals surface area contributed by atoms with Gasteiger partial charge < -0.3 is 19.7 Å². The summed E-state index contributed by atoms with van der Waals surface area (Å²) in [4.78, 5) is 44.2. The van der Waals surface area contributed by atoms with Gasteiger partial charge in [0.25, 0.3) is 0 Å². The van der Waals surface area contributed by atoms with E-state index in [9.17, 15) is 19.2 Å². The molecule has 2 N–H and O–H groups in total. The number of aliphatic carboxylic acids is 2. The van der Waals surface area contributed by atoms with E-state index in [4.69, 9.17) is 19.7 Å². The molecule has 0 aliphatic carbocycles. The molecule has 192 valence electrons. The number of unbranched alkanes of at least 4 members (excludes halogenated alkanes) is 7. The zero-order valence-corrected chi connectivity index (χ0v) is 20.6. The average Bonchev–Trinajstić information content (AvgIpc) is 2.81. The Labute approximate surface area is 202 Å². The van der Waals surface area contributed by atoms with E-state index in [1.165, 1.54) is 0 Å². The molecule has 0 aliphatic heterocycles. The minimum atomic E-state index is -0.740. The van der Waals surface area contributed by atoms with Crippen molar-refractivity contribution in [2.75, 3.05) is 13.2 Å². The summed E-state index contributed by atoms with van der Waals surface area (Å²) in [5, 5.41) is 16.7. The van der Waals surface area contributed by atoms with Gasteiger partial charge in [0.1, 0.15) is 0 Å². The third-order valence-corrected chi connectivity index (χ3v) is 4.86. The first kappa shape index (κ1) is 31.1. The number of hydrogen-bond donors (Lipinski definition) is 2. The van der Waals surface area contributed by atoms with Crippen LogP contribution >= 0.6 is 0 Å². The third kappa shape index (κ3) is 16.7. The van der Waals surface area contributed by atoms with Gasteiger partial charge in [0.05, 0.1) is 24.3 Å². The average molecular weight is 481 g/mol. The highest BCUT2D eigenvalue weighted by molar-refractivity contribution is 6.03. The molecular weight excluding hydrogens is 440 g/mol. The van der Waals surface area contributed by atoms with Crippen LogP contribution in [0.1, 0.15) is 112 Å². The molecule has 0 atom stereocenters. The highest BCUT2D eigenvalue weighted by Gasteiger charge is 2.18. The molecule has 0 bridgehead atoms. The lowest BCUT2D eigenvalue weighted by molar-refractivity contribution is -0.138. The van der Waals surface area contributed by atoms with E-state index in [2.05, 4.69) is 0 Å². The van der Waals surface area contributed by atoms with Crippen molar-refractivity contribution in [2.45, 2.75) is 90.9 Å². The van der Waals surface area contributed by atoms with E-state index >= 15 is 0 Å². The maximum absolute atomic E-state index is 11.9. The molecule has 1 aromatic carbocycles. The van der Waals surface area contributed by atoms with Crippen molar-refractivity contribution in [3.8, 4) is 0 Å². The van der Waals surface area contributed by atoms with E-state index in [1.54, 1.807) is 24.3 Å². The van der Waals surface area contributed by atoms with Gasteiger partial charge in [-0.25, -0.2) is 9.59 Å². The van der Waals surface area contributed by atoms with Crippen molar-refractivity contribution in [2.24, 2.45) is 0 Å². The summed E-state index contributed by atoms with van der Waals surface area (Å²) in [5.74, 6) is -2.42. The Morgan fingerprint density at radius 2 is 0.971 bits per heavy atom. The minimum absolute atomic E-state index is 0.245. The van der Waals surface area contributed by atoms with Crippen molar-refractivity contribution in [1.29, 1.82) is 0 Å². The summed E-state index contributed by atoms with van der Waals surface area (Å²) in [7, 11) is 0. The van der Waals surface area contributed by atoms with Crippen molar-refractivity contribution in [3.63, 3.8) is 0 Å². The number of esters is 2. The zero-order chi connectivity index (χ0) is 25.6. The number of benzene rings is 1. The standard InChI is InChI=1S/C16H22O4.C10H18O4/c1-3-5-11-19-15(17)13-9-7-8-10-14(13)16(18)20-12-6-4-2;11-9(12)7-5-3-1-2-4-6-8-10(13)14/h7-10H,3-6,11-12H2,1-2H3;1-8H2,(H,11,12)(H,13,14). The molecule has 0 spiro atoms. The van der Waals surface area contributed by atoms with Gasteiger partial charge in [-0.1, -0.05) is 64.5 Å². The van der Waals surface area contributed by atoms with E-state index in [1.807, 2.05) is 13.8 Å². The maximum atomic E-state index is 11.9. The molecule has 0 heterocycles. The molecule has 1 aromatic rings. The van der Waals surface area contributed by atoms with Gasteiger partial charge in [0, 0.05) is 12.8 Å². The molecule has 0 aromatic heterocycles. The van der Waals surface area contributed by atoms with Gasteiger partial charge in [-0.3, -0.25) is 9.59 Å². The van der Waals surface area contributed by atoms with Crippen molar-refractivity contribution >= 4 is 23.9 Å². The first-order valence-corrected chi connectivity index (χ1v) is 12.2. The second-order valence-electron chi connectivity index (χ2n) is 7.93. The van der Waals surface area contributed by atoms with Crippen LogP contribution in [-0.2, 0) is 19.1 Å². The van der Waals surface area contributed by atoms with Crippen LogP contribution in [-0.4, -0.2) is 47.3 Å². The summed E-state index contributed by atoms with van der Waals surface area (Å²) in [5.41, 5.74) is 0.537. The van der Waals surface area contributed by atoms with E-state index in [0.29, 0.717) is 13.2 Å². The van der Waals surface area contributed by atoms with Crippen LogP contribution in [0.4, 0.5) is 0 Å². The van der Waals surface area contributed by atoms with Gasteiger partial charge in [0.2, 0.25) is 0 Å². The second kappa shape index (κ2) is 20.7. The molecule has 0 saturated heterocycles. The number of carboxylic acids is 2. The molecule has 34 heavy (non-hydrogen) atoms. The number of carboxylic acid groups (broad SMARTS) is 2. The minimum Gasteiger partial charge on any atom is -0.481 e. The predicted octanol–water partition coefficient (Wildman–Crippen LogP) is 5.88. The van der Waals surface area contributed by atoms with Crippen molar-refractivity contribution in [1.82, 2.24) is 0 Å². The Balaban J connectivity index is 0.000000686. The molecule has 0 fully saturated rings. The smallest absolute Gasteiger partial charge is 0.339 e. The number of carbonyl (C=O) groups excluding carboxylic acids is 2. The molecule has 8 heteroatoms. The fraction of sp³-hybridized carbons (Fsp3) is 0.615. The normalized spacial score (nSPS) is 10.1. The summed E-state index contributed by atoms with van der Waals surface area (Å²) in [6.45, 7) is 4.78. The van der Waals surface area contributed by atoms with Crippen LogP contribution < -0.4 is 0 Å². The predicted molar refractivity (Wildman–Crippen MR) is 129 cm³/mol. The molecule has 0 aliphatic rings. The highest BCUT2D eigenvalue weighted by atomic mass is 16.5. The Morgan fingerprint density at radius 3 is 1.29 bits per heavy atom. The van der Waals surface area contributed by atoms with Crippen LogP contribution in [0.2, 0.25) is 0 Å². The van der Waals surface area contributed by atoms with Gasteiger partial charge in [-0.15, -0.1) is 0 Å². The number of ether oxygens (including phenoxy) is 2. The van der Waals surface area contributed by atoms with Gasteiger partial charge in [-0.05, 0) is 37.8 Å². The monoisotopic (exact) mass is 480 g/mol. The summed E-state index contributed by atoms with van der Waals surface area (Å²) in [6.07, 6.45) is 9.36. The topological polar surface area (TPSA) is 127 Å². The molecule has 0 unspecified atom stereocenters. The Bertz CT molecular complexity index is 668. The van der Waals surface area contributed by atoms with Crippen LogP contribution in [0.15, 0.2) is 24.3 Å². The molecule has 0 saturated carbocycles. The van der Waals surface area contributed by atoms with E-state index in [-0.39, 0.29) is 24.0 Å². The molecule has 0 radical (unpaired) electrons. The first-order chi connectivity index (χ1) is 16.3. The summed E-state index contributed by atoms with van der Waals surface area (Å²) in [6, 6.07) is 6.59. The van der Waals surface area contributed by atoms with Crippen LogP contribution in [0.25, 0.3) is 0 Å². The van der Waals surface area contributed by atoms with Gasteiger partial charge in [0.15, 0.2) is 0 Å². The number of rotatable bonds is 17. The molecular formula is C26H40O8. The lowest BCUT2D eigenvalue weighted by Crippen LogP contribution is -2.14. The van der Waals surface area contributed by atoms with E-state index < -0.39 is 23.9 Å². The van der Waals surface area contributed by atoms with Crippen LogP contribution in [0.3, 0.4) is 0 Å². The largest absolute Gasteiger partial charge is 0.481 e. The first-order valence-electron chi connectivity index (χ1n) is 12.2. The SMILES string of the molecule is CCCCOC(=O)c1ccccc1C(=O)OCCCC.O=C(O)CCCCCCCCC(=O)O. The van der Waals surface area contributed by atoms with Gasteiger partial charge in [-0.2, -0.15) is 0 Å². The lowest BCUT2D eigenvalue weighted by atomic mass is 10.1. The number of carbonyl (C=O) groups is 4. The Morgan fingerprint density at radius 1 is 0.618 bits per heavy atom. The van der Waals surface area contributed by atoms with Crippen molar-refractivity contribution < 1.29 is 38.9 Å². The zero-order valence-electron chi connectivity index (χ0n) is 20.6. The van der Waals surface area contributed by atoms with E-state index in [0.717, 1.165) is 64.2 Å². The molecule has 8 nitrogen and oxygen atoms in total. The van der Waals surface area contributed by atoms with Crippen LogP contribution in [0, 0.1) is 0 Å². The molecule has 0 amide bonds. The third-order valence-electron chi connectivity index (χ3n) is 4.86. The summed E-state index contributed by atoms with van der Waals surface area (Å²) >= 11 is 0.